The Labute approximate surface area is 113 Å². The lowest BCUT2D eigenvalue weighted by atomic mass is 10.0. The first kappa shape index (κ1) is 13.5. The minimum absolute atomic E-state index is 0.0771. The number of benzene rings is 1. The van der Waals surface area contributed by atoms with E-state index in [-0.39, 0.29) is 11.9 Å². The minimum atomic E-state index is -0.264. The fraction of sp³-hybridized carbons (Fsp3) is 0.429. The van der Waals surface area contributed by atoms with Gasteiger partial charge in [0, 0.05) is 26.5 Å². The Kier molecular flexibility index (Phi) is 3.57. The predicted molar refractivity (Wildman–Crippen MR) is 75.8 cm³/mol. The third-order valence-corrected chi connectivity index (χ3v) is 3.28. The molecule has 2 aromatic rings. The summed E-state index contributed by atoms with van der Waals surface area (Å²) in [6.45, 7) is 0. The smallest absolute Gasteiger partial charge is 0.243 e. The molecule has 1 heterocycles. The Morgan fingerprint density at radius 3 is 2.53 bits per heavy atom. The lowest BCUT2D eigenvalue weighted by molar-refractivity contribution is -0.133. The molecule has 1 amide bonds. The van der Waals surface area contributed by atoms with E-state index in [1.807, 2.05) is 55.1 Å². The molecule has 19 heavy (non-hydrogen) atoms. The summed E-state index contributed by atoms with van der Waals surface area (Å²) in [5.41, 5.74) is 2.06. The lowest BCUT2D eigenvalue weighted by Crippen LogP contribution is -2.36. The van der Waals surface area contributed by atoms with Crippen LogP contribution in [0.25, 0.3) is 10.9 Å². The van der Waals surface area contributed by atoms with Gasteiger partial charge in [-0.15, -0.1) is 0 Å². The van der Waals surface area contributed by atoms with Crippen molar-refractivity contribution in [3.05, 3.63) is 30.0 Å². The number of fused-ring (bicyclic) bond motifs is 1. The van der Waals surface area contributed by atoms with Crippen molar-refractivity contribution in [3.8, 4) is 0 Å². The molecule has 0 aliphatic carbocycles. The van der Waals surface area contributed by atoms with Gasteiger partial charge < -0.3 is 4.90 Å². The third-order valence-electron chi connectivity index (χ3n) is 3.28. The van der Waals surface area contributed by atoms with Crippen LogP contribution in [0.2, 0.25) is 0 Å². The van der Waals surface area contributed by atoms with Gasteiger partial charge in [0.05, 0.1) is 11.7 Å². The quantitative estimate of drug-likeness (QED) is 0.834. The Morgan fingerprint density at radius 1 is 1.26 bits per heavy atom. The summed E-state index contributed by atoms with van der Waals surface area (Å²) >= 11 is 0. The second kappa shape index (κ2) is 5.01. The SMILES string of the molecule is CN(C)C(=O)C(c1ccc2c(cnn2C)c1)N(C)C. The number of hydrogen-bond donors (Lipinski definition) is 0. The zero-order chi connectivity index (χ0) is 14.2. The first-order valence-electron chi connectivity index (χ1n) is 6.21. The number of aryl methyl sites for hydroxylation is 1. The van der Waals surface area contributed by atoms with E-state index in [1.165, 1.54) is 0 Å². The Balaban J connectivity index is 2.47. The van der Waals surface area contributed by atoms with Crippen molar-refractivity contribution in [3.63, 3.8) is 0 Å². The van der Waals surface area contributed by atoms with E-state index in [1.54, 1.807) is 19.0 Å². The molecule has 0 bridgehead atoms. The highest BCUT2D eigenvalue weighted by atomic mass is 16.2. The van der Waals surface area contributed by atoms with Gasteiger partial charge in [-0.1, -0.05) is 6.07 Å². The van der Waals surface area contributed by atoms with Crippen LogP contribution in [0.15, 0.2) is 24.4 Å². The first-order valence-corrected chi connectivity index (χ1v) is 6.21. The van der Waals surface area contributed by atoms with Crippen molar-refractivity contribution in [1.29, 1.82) is 0 Å². The number of carbonyl (C=O) groups is 1. The number of aromatic nitrogens is 2. The summed E-state index contributed by atoms with van der Waals surface area (Å²) in [6, 6.07) is 5.78. The second-order valence-corrected chi connectivity index (χ2v) is 5.19. The van der Waals surface area contributed by atoms with E-state index in [4.69, 9.17) is 0 Å². The van der Waals surface area contributed by atoms with Gasteiger partial charge in [-0.2, -0.15) is 5.10 Å². The van der Waals surface area contributed by atoms with E-state index in [0.29, 0.717) is 0 Å². The standard InChI is InChI=1S/C14H20N4O/c1-16(2)13(14(19)17(3)4)10-6-7-12-11(8-10)9-15-18(12)5/h6-9,13H,1-5H3. The van der Waals surface area contributed by atoms with Crippen LogP contribution < -0.4 is 0 Å². The molecule has 0 N–H and O–H groups in total. The average molecular weight is 260 g/mol. The molecule has 0 fully saturated rings. The van der Waals surface area contributed by atoms with Crippen molar-refractivity contribution in [2.45, 2.75) is 6.04 Å². The molecule has 1 aromatic carbocycles. The Bertz CT molecular complexity index is 601. The zero-order valence-corrected chi connectivity index (χ0v) is 12.1. The summed E-state index contributed by atoms with van der Waals surface area (Å²) < 4.78 is 1.83. The van der Waals surface area contributed by atoms with Gasteiger partial charge in [0.1, 0.15) is 6.04 Å². The molecule has 0 spiro atoms. The average Bonchev–Trinajstić information content (AvgIpc) is 2.70. The number of rotatable bonds is 3. The molecule has 0 aliphatic heterocycles. The van der Waals surface area contributed by atoms with Crippen LogP contribution in [-0.4, -0.2) is 53.7 Å². The lowest BCUT2D eigenvalue weighted by Gasteiger charge is -2.26. The van der Waals surface area contributed by atoms with Crippen molar-refractivity contribution >= 4 is 16.8 Å². The van der Waals surface area contributed by atoms with E-state index >= 15 is 0 Å². The van der Waals surface area contributed by atoms with E-state index in [2.05, 4.69) is 5.10 Å². The molecule has 5 heteroatoms. The minimum Gasteiger partial charge on any atom is -0.347 e. The van der Waals surface area contributed by atoms with E-state index in [0.717, 1.165) is 16.5 Å². The molecule has 1 unspecified atom stereocenters. The van der Waals surface area contributed by atoms with Gasteiger partial charge in [0.15, 0.2) is 0 Å². The monoisotopic (exact) mass is 260 g/mol. The van der Waals surface area contributed by atoms with Crippen molar-refractivity contribution in [1.82, 2.24) is 19.6 Å². The molecule has 1 aromatic heterocycles. The van der Waals surface area contributed by atoms with Gasteiger partial charge in [-0.05, 0) is 31.8 Å². The van der Waals surface area contributed by atoms with E-state index in [9.17, 15) is 4.79 Å². The number of nitrogens with zero attached hydrogens (tertiary/aromatic N) is 4. The summed E-state index contributed by atoms with van der Waals surface area (Å²) in [7, 11) is 9.30. The van der Waals surface area contributed by atoms with Crippen molar-refractivity contribution in [2.75, 3.05) is 28.2 Å². The maximum atomic E-state index is 12.3. The molecule has 2 rings (SSSR count). The van der Waals surface area contributed by atoms with Crippen LogP contribution in [0.5, 0.6) is 0 Å². The molecule has 102 valence electrons. The summed E-state index contributed by atoms with van der Waals surface area (Å²) in [4.78, 5) is 15.8. The molecule has 5 nitrogen and oxygen atoms in total. The highest BCUT2D eigenvalue weighted by Crippen LogP contribution is 2.24. The van der Waals surface area contributed by atoms with Crippen molar-refractivity contribution in [2.24, 2.45) is 7.05 Å². The zero-order valence-electron chi connectivity index (χ0n) is 12.1. The summed E-state index contributed by atoms with van der Waals surface area (Å²) in [5.74, 6) is 0.0771. The summed E-state index contributed by atoms with van der Waals surface area (Å²) in [5, 5.41) is 5.28. The number of likely N-dealkylation sites (N-methyl/N-ethyl adjacent to an activating group) is 2. The maximum Gasteiger partial charge on any atom is 0.243 e. The van der Waals surface area contributed by atoms with Crippen LogP contribution in [-0.2, 0) is 11.8 Å². The molecular formula is C14H20N4O. The van der Waals surface area contributed by atoms with Gasteiger partial charge >= 0.3 is 0 Å². The molecule has 0 saturated carbocycles. The number of hydrogen-bond acceptors (Lipinski definition) is 3. The van der Waals surface area contributed by atoms with E-state index < -0.39 is 0 Å². The number of carbonyl (C=O) groups excluding carboxylic acids is 1. The molecule has 0 radical (unpaired) electrons. The largest absolute Gasteiger partial charge is 0.347 e. The third kappa shape index (κ3) is 2.46. The maximum absolute atomic E-state index is 12.3. The summed E-state index contributed by atoms with van der Waals surface area (Å²) in [6.07, 6.45) is 1.83. The molecule has 0 aliphatic rings. The normalized spacial score (nSPS) is 12.9. The van der Waals surface area contributed by atoms with Crippen LogP contribution in [0.3, 0.4) is 0 Å². The fourth-order valence-electron chi connectivity index (χ4n) is 2.26. The molecular weight excluding hydrogens is 240 g/mol. The fourth-order valence-corrected chi connectivity index (χ4v) is 2.26. The van der Waals surface area contributed by atoms with Gasteiger partial charge in [0.25, 0.3) is 0 Å². The highest BCUT2D eigenvalue weighted by Gasteiger charge is 2.24. The predicted octanol–water partition coefficient (Wildman–Crippen LogP) is 1.26. The molecule has 0 saturated heterocycles. The van der Waals surface area contributed by atoms with Gasteiger partial charge in [-0.25, -0.2) is 0 Å². The topological polar surface area (TPSA) is 41.4 Å². The van der Waals surface area contributed by atoms with Gasteiger partial charge in [0.2, 0.25) is 5.91 Å². The van der Waals surface area contributed by atoms with Gasteiger partial charge in [-0.3, -0.25) is 14.4 Å². The highest BCUT2D eigenvalue weighted by molar-refractivity contribution is 5.86. The van der Waals surface area contributed by atoms with Crippen LogP contribution in [0, 0.1) is 0 Å². The molecule has 1 atom stereocenters. The second-order valence-electron chi connectivity index (χ2n) is 5.19. The first-order chi connectivity index (χ1) is 8.91. The Hall–Kier alpha value is -1.88. The van der Waals surface area contributed by atoms with Crippen molar-refractivity contribution < 1.29 is 4.79 Å². The van der Waals surface area contributed by atoms with Crippen LogP contribution in [0.4, 0.5) is 0 Å². The van der Waals surface area contributed by atoms with Crippen LogP contribution >= 0.6 is 0 Å². The van der Waals surface area contributed by atoms with Crippen LogP contribution in [0.1, 0.15) is 11.6 Å². The number of amides is 1. The Morgan fingerprint density at radius 2 is 1.95 bits per heavy atom.